The Balaban J connectivity index is 1.26. The number of anilines is 1. The van der Waals surface area contributed by atoms with Crippen molar-refractivity contribution in [2.75, 3.05) is 5.73 Å². The Morgan fingerprint density at radius 2 is 2.00 bits per heavy atom. The first-order chi connectivity index (χ1) is 14.1. The quantitative estimate of drug-likeness (QED) is 0.456. The van der Waals surface area contributed by atoms with E-state index in [4.69, 9.17) is 10.5 Å². The van der Waals surface area contributed by atoms with Gasteiger partial charge in [-0.15, -0.1) is 0 Å². The number of benzene rings is 1. The molecule has 0 spiro atoms. The highest BCUT2D eigenvalue weighted by Gasteiger charge is 2.77. The van der Waals surface area contributed by atoms with Gasteiger partial charge >= 0.3 is 0 Å². The van der Waals surface area contributed by atoms with E-state index in [1.54, 1.807) is 4.57 Å². The van der Waals surface area contributed by atoms with Crippen molar-refractivity contribution in [3.05, 3.63) is 49.1 Å². The summed E-state index contributed by atoms with van der Waals surface area (Å²) in [6.45, 7) is 0. The topological polar surface area (TPSA) is 132 Å². The molecule has 4 aromatic rings. The molecule has 1 unspecified atom stereocenters. The minimum atomic E-state index is -1.36. The summed E-state index contributed by atoms with van der Waals surface area (Å²) in [5.41, 5.74) is 6.23. The number of pyridine rings is 1. The molecule has 9 nitrogen and oxygen atoms in total. The third-order valence-electron chi connectivity index (χ3n) is 5.59. The van der Waals surface area contributed by atoms with Crippen molar-refractivity contribution in [1.82, 2.24) is 24.5 Å². The van der Waals surface area contributed by atoms with Crippen LogP contribution in [0.5, 0.6) is 0 Å². The first-order valence-electron chi connectivity index (χ1n) is 9.09. The predicted molar refractivity (Wildman–Crippen MR) is 106 cm³/mol. The van der Waals surface area contributed by atoms with E-state index in [2.05, 4.69) is 19.9 Å². The van der Waals surface area contributed by atoms with E-state index in [0.717, 1.165) is 15.9 Å². The van der Waals surface area contributed by atoms with Crippen LogP contribution in [-0.2, 0) is 4.74 Å². The number of hydrogen-bond acceptors (Lipinski definition) is 9. The van der Waals surface area contributed by atoms with E-state index >= 15 is 0 Å². The van der Waals surface area contributed by atoms with Gasteiger partial charge in [0.1, 0.15) is 29.7 Å². The molecule has 146 valence electrons. The number of nitrogen functional groups attached to an aromatic ring is 1. The van der Waals surface area contributed by atoms with Gasteiger partial charge in [-0.05, 0) is 12.1 Å². The number of ether oxygens (including phenoxy) is 1. The minimum Gasteiger partial charge on any atom is -0.385 e. The number of aliphatic hydroxyl groups is 2. The maximum Gasteiger partial charge on any atom is 0.167 e. The van der Waals surface area contributed by atoms with Crippen LogP contribution < -0.4 is 5.73 Å². The number of hydrogen-bond donors (Lipinski definition) is 3. The fourth-order valence-corrected chi connectivity index (χ4v) is 5.32. The van der Waals surface area contributed by atoms with Crippen LogP contribution in [0, 0.1) is 0 Å². The normalized spacial score (nSPS) is 30.7. The van der Waals surface area contributed by atoms with Crippen molar-refractivity contribution in [1.29, 1.82) is 0 Å². The molecule has 5 atom stereocenters. The molecular weight excluding hydrogens is 392 g/mol. The second-order valence-corrected chi connectivity index (χ2v) is 8.40. The molecular formula is C19H16N6O3S. The third kappa shape index (κ3) is 2.34. The average molecular weight is 408 g/mol. The lowest BCUT2D eigenvalue weighted by Crippen LogP contribution is -2.36. The van der Waals surface area contributed by atoms with Crippen molar-refractivity contribution >= 4 is 39.6 Å². The van der Waals surface area contributed by atoms with Gasteiger partial charge in [-0.25, -0.2) is 19.9 Å². The molecule has 29 heavy (non-hydrogen) atoms. The molecule has 4 heterocycles. The van der Waals surface area contributed by atoms with Crippen LogP contribution in [0.3, 0.4) is 0 Å². The predicted octanol–water partition coefficient (Wildman–Crippen LogP) is 1.12. The number of para-hydroxylation sites is 1. The van der Waals surface area contributed by atoms with Crippen LogP contribution >= 0.6 is 11.8 Å². The summed E-state index contributed by atoms with van der Waals surface area (Å²) in [6, 6.07) is 11.8. The zero-order valence-electron chi connectivity index (χ0n) is 15.0. The largest absolute Gasteiger partial charge is 0.385 e. The Labute approximate surface area is 168 Å². The molecule has 0 bridgehead atoms. The molecule has 1 aliphatic heterocycles. The summed E-state index contributed by atoms with van der Waals surface area (Å²) in [5, 5.41) is 23.4. The van der Waals surface area contributed by atoms with Gasteiger partial charge in [-0.3, -0.25) is 4.57 Å². The van der Waals surface area contributed by atoms with Gasteiger partial charge < -0.3 is 20.7 Å². The van der Waals surface area contributed by atoms with Gasteiger partial charge in [0, 0.05) is 5.39 Å². The average Bonchev–Trinajstić information content (AvgIpc) is 3.03. The van der Waals surface area contributed by atoms with Crippen LogP contribution in [0.4, 0.5) is 5.82 Å². The first-order valence-corrected chi connectivity index (χ1v) is 9.96. The molecule has 1 saturated heterocycles. The fraction of sp³-hybridized carbons (Fsp3) is 0.263. The first kappa shape index (κ1) is 17.1. The third-order valence-corrected chi connectivity index (χ3v) is 6.94. The van der Waals surface area contributed by atoms with E-state index in [9.17, 15) is 10.2 Å². The molecule has 10 heteroatoms. The second kappa shape index (κ2) is 5.86. The van der Waals surface area contributed by atoms with Crippen LogP contribution in [0.25, 0.3) is 22.1 Å². The zero-order valence-corrected chi connectivity index (χ0v) is 15.8. The van der Waals surface area contributed by atoms with E-state index < -0.39 is 24.0 Å². The standard InChI is InChI=1S/C19H16N6O3S/c20-16-12-17(22-7-21-16)25(8-23-12)18-13(26)19(27)14(28-18)15(19)29-11-6-5-9-3-1-2-4-10(9)24-11/h1-8,13-15,18,26-27H,(H2,20,21,22)/t13-,14+,15?,18+,19-/m0/s1. The van der Waals surface area contributed by atoms with E-state index in [0.29, 0.717) is 11.2 Å². The number of aromatic nitrogens is 5. The summed E-state index contributed by atoms with van der Waals surface area (Å²) < 4.78 is 7.57. The molecule has 1 aliphatic carbocycles. The summed E-state index contributed by atoms with van der Waals surface area (Å²) >= 11 is 1.41. The van der Waals surface area contributed by atoms with Crippen molar-refractivity contribution < 1.29 is 14.9 Å². The number of rotatable bonds is 3. The van der Waals surface area contributed by atoms with Crippen LogP contribution in [0.15, 0.2) is 54.1 Å². The van der Waals surface area contributed by atoms with E-state index in [-0.39, 0.29) is 11.1 Å². The Hall–Kier alpha value is -2.79. The number of fused-ring (bicyclic) bond motifs is 3. The molecule has 3 aromatic heterocycles. The Morgan fingerprint density at radius 1 is 1.14 bits per heavy atom. The smallest absolute Gasteiger partial charge is 0.167 e. The monoisotopic (exact) mass is 408 g/mol. The maximum absolute atomic E-state index is 11.1. The van der Waals surface area contributed by atoms with Gasteiger partial charge in [-0.1, -0.05) is 36.0 Å². The number of thioether (sulfide) groups is 1. The van der Waals surface area contributed by atoms with Gasteiger partial charge in [0.15, 0.2) is 17.7 Å². The lowest BCUT2D eigenvalue weighted by molar-refractivity contribution is -0.0601. The molecule has 0 amide bonds. The molecule has 0 radical (unpaired) electrons. The lowest BCUT2D eigenvalue weighted by Gasteiger charge is -2.23. The molecule has 2 fully saturated rings. The van der Waals surface area contributed by atoms with Crippen LogP contribution in [0.1, 0.15) is 6.23 Å². The Bertz CT molecular complexity index is 1270. The highest BCUT2D eigenvalue weighted by atomic mass is 32.2. The van der Waals surface area contributed by atoms with Gasteiger partial charge in [0.05, 0.1) is 22.1 Å². The molecule has 1 aromatic carbocycles. The summed E-state index contributed by atoms with van der Waals surface area (Å²) in [6.07, 6.45) is 0.365. The number of imidazole rings is 1. The lowest BCUT2D eigenvalue weighted by atomic mass is 10.1. The molecule has 1 saturated carbocycles. The zero-order chi connectivity index (χ0) is 19.8. The van der Waals surface area contributed by atoms with E-state index in [1.807, 2.05) is 36.4 Å². The van der Waals surface area contributed by atoms with Gasteiger partial charge in [-0.2, -0.15) is 0 Å². The number of nitrogens with zero attached hydrogens (tertiary/aromatic N) is 5. The SMILES string of the molecule is Nc1ncnc2c1ncn2[C@@H]1O[C@@H]2C(Sc3ccc4ccccc4n3)[C@]2(O)[C@H]1O. The Kier molecular flexibility index (Phi) is 3.46. The van der Waals surface area contributed by atoms with Crippen LogP contribution in [-0.4, -0.2) is 57.8 Å². The summed E-state index contributed by atoms with van der Waals surface area (Å²) in [7, 11) is 0. The van der Waals surface area contributed by atoms with Crippen molar-refractivity contribution in [2.24, 2.45) is 0 Å². The van der Waals surface area contributed by atoms with Gasteiger partial charge in [0.25, 0.3) is 0 Å². The van der Waals surface area contributed by atoms with E-state index in [1.165, 1.54) is 24.4 Å². The maximum atomic E-state index is 11.1. The summed E-state index contributed by atoms with van der Waals surface area (Å²) in [4.78, 5) is 16.9. The highest BCUT2D eigenvalue weighted by Crippen LogP contribution is 2.60. The van der Waals surface area contributed by atoms with Crippen molar-refractivity contribution in [3.8, 4) is 0 Å². The van der Waals surface area contributed by atoms with Crippen molar-refractivity contribution in [2.45, 2.75) is 34.3 Å². The number of nitrogens with two attached hydrogens (primary N) is 1. The van der Waals surface area contributed by atoms with Crippen LogP contribution in [0.2, 0.25) is 0 Å². The van der Waals surface area contributed by atoms with Gasteiger partial charge in [0.2, 0.25) is 0 Å². The number of aliphatic hydroxyl groups excluding tert-OH is 1. The van der Waals surface area contributed by atoms with Crippen molar-refractivity contribution in [3.63, 3.8) is 0 Å². The summed E-state index contributed by atoms with van der Waals surface area (Å²) in [5.74, 6) is 0.251. The fourth-order valence-electron chi connectivity index (χ4n) is 3.97. The highest BCUT2D eigenvalue weighted by molar-refractivity contribution is 8.00. The Morgan fingerprint density at radius 3 is 2.83 bits per heavy atom. The molecule has 6 rings (SSSR count). The second-order valence-electron chi connectivity index (χ2n) is 7.24. The molecule has 4 N–H and O–H groups in total. The minimum absolute atomic E-state index is 0.251. The molecule has 2 aliphatic rings.